The molecular weight excluding hydrogens is 382 g/mol. The van der Waals surface area contributed by atoms with E-state index in [4.69, 9.17) is 18.3 Å². The number of aromatic amines is 1. The molecule has 0 saturated carbocycles. The normalized spacial score (nSPS) is 29.9. The first-order valence-electron chi connectivity index (χ1n) is 8.21. The van der Waals surface area contributed by atoms with Crippen molar-refractivity contribution in [1.29, 1.82) is 0 Å². The Labute approximate surface area is 152 Å². The second kappa shape index (κ2) is 6.72. The standard InChI is InChI=1S/C16H16FN2O7P/c17-16(7-5-14(25-16)19-8-6-13(20)18-15(19)21)10-24-27(22)23-9-11-3-1-2-4-12(11)26-27/h1-4,6,8,14H,5,7,9-10H2,(H,18,20,21)/t14-,16+,27?/m1/s1. The summed E-state index contributed by atoms with van der Waals surface area (Å²) in [5.41, 5.74) is -0.563. The van der Waals surface area contributed by atoms with E-state index in [9.17, 15) is 18.5 Å². The average Bonchev–Trinajstić information content (AvgIpc) is 3.03. The van der Waals surface area contributed by atoms with Crippen molar-refractivity contribution in [2.24, 2.45) is 0 Å². The molecule has 27 heavy (non-hydrogen) atoms. The number of H-pyrrole nitrogens is 1. The third-order valence-electron chi connectivity index (χ3n) is 4.27. The van der Waals surface area contributed by atoms with E-state index in [1.54, 1.807) is 24.3 Å². The van der Waals surface area contributed by atoms with E-state index >= 15 is 0 Å². The highest BCUT2D eigenvalue weighted by molar-refractivity contribution is 7.49. The number of benzene rings is 1. The number of ether oxygens (including phenoxy) is 1. The predicted molar refractivity (Wildman–Crippen MR) is 89.9 cm³/mol. The van der Waals surface area contributed by atoms with Crippen LogP contribution in [0.15, 0.2) is 46.1 Å². The molecule has 3 atom stereocenters. The van der Waals surface area contributed by atoms with E-state index in [2.05, 4.69) is 4.98 Å². The molecule has 1 fully saturated rings. The molecule has 11 heteroatoms. The fraction of sp³-hybridized carbons (Fsp3) is 0.375. The van der Waals surface area contributed by atoms with Gasteiger partial charge in [-0.05, 0) is 12.5 Å². The van der Waals surface area contributed by atoms with Gasteiger partial charge in [-0.2, -0.15) is 0 Å². The summed E-state index contributed by atoms with van der Waals surface area (Å²) < 4.78 is 49.3. The Hall–Kier alpha value is -2.26. The molecule has 0 spiro atoms. The molecule has 9 nitrogen and oxygen atoms in total. The highest BCUT2D eigenvalue weighted by Crippen LogP contribution is 2.55. The Morgan fingerprint density at radius 2 is 2.15 bits per heavy atom. The molecule has 144 valence electrons. The number of para-hydroxylation sites is 1. The fourth-order valence-electron chi connectivity index (χ4n) is 2.90. The molecule has 0 amide bonds. The molecule has 2 aromatic rings. The number of nitrogens with zero attached hydrogens (tertiary/aromatic N) is 1. The van der Waals surface area contributed by atoms with Gasteiger partial charge in [-0.15, -0.1) is 0 Å². The maximum atomic E-state index is 14.9. The summed E-state index contributed by atoms with van der Waals surface area (Å²) in [4.78, 5) is 25.0. The summed E-state index contributed by atoms with van der Waals surface area (Å²) in [5, 5.41) is 0. The number of halogens is 1. The van der Waals surface area contributed by atoms with Crippen molar-refractivity contribution >= 4 is 7.82 Å². The lowest BCUT2D eigenvalue weighted by atomic mass is 10.2. The van der Waals surface area contributed by atoms with Crippen molar-refractivity contribution in [2.75, 3.05) is 6.61 Å². The van der Waals surface area contributed by atoms with E-state index in [0.29, 0.717) is 11.3 Å². The van der Waals surface area contributed by atoms with Gasteiger partial charge in [0.25, 0.3) is 5.56 Å². The third-order valence-corrected chi connectivity index (χ3v) is 5.58. The van der Waals surface area contributed by atoms with Crippen LogP contribution in [-0.4, -0.2) is 22.0 Å². The number of hydrogen-bond donors (Lipinski definition) is 1. The highest BCUT2D eigenvalue weighted by Gasteiger charge is 2.45. The molecule has 0 bridgehead atoms. The van der Waals surface area contributed by atoms with Crippen LogP contribution in [0.3, 0.4) is 0 Å². The molecule has 1 N–H and O–H groups in total. The number of nitrogens with one attached hydrogen (secondary N) is 1. The molecular formula is C16H16FN2O7P. The van der Waals surface area contributed by atoms with Crippen molar-refractivity contribution in [3.8, 4) is 5.75 Å². The van der Waals surface area contributed by atoms with Crippen molar-refractivity contribution in [3.05, 3.63) is 62.9 Å². The lowest BCUT2D eigenvalue weighted by molar-refractivity contribution is -0.175. The lowest BCUT2D eigenvalue weighted by Crippen LogP contribution is -2.34. The number of alkyl halides is 1. The van der Waals surface area contributed by atoms with Crippen LogP contribution in [0, 0.1) is 0 Å². The molecule has 1 unspecified atom stereocenters. The molecule has 0 aliphatic carbocycles. The molecule has 1 aromatic heterocycles. The number of phosphoric ester groups is 1. The molecule has 1 aromatic carbocycles. The second-order valence-corrected chi connectivity index (χ2v) is 7.80. The number of fused-ring (bicyclic) bond motifs is 1. The molecule has 0 radical (unpaired) electrons. The van der Waals surface area contributed by atoms with Crippen molar-refractivity contribution in [3.63, 3.8) is 0 Å². The first kappa shape index (κ1) is 18.1. The third kappa shape index (κ3) is 3.74. The van der Waals surface area contributed by atoms with Crippen LogP contribution >= 0.6 is 7.82 Å². The summed E-state index contributed by atoms with van der Waals surface area (Å²) in [6.45, 7) is -0.677. The van der Waals surface area contributed by atoms with Crippen LogP contribution in [0.4, 0.5) is 4.39 Å². The molecule has 1 saturated heterocycles. The van der Waals surface area contributed by atoms with Crippen LogP contribution in [0.25, 0.3) is 0 Å². The number of hydrogen-bond acceptors (Lipinski definition) is 7. The van der Waals surface area contributed by atoms with Crippen LogP contribution < -0.4 is 15.8 Å². The maximum Gasteiger partial charge on any atom is 0.530 e. The smallest absolute Gasteiger partial charge is 0.404 e. The van der Waals surface area contributed by atoms with Gasteiger partial charge in [0.1, 0.15) is 18.6 Å². The highest BCUT2D eigenvalue weighted by atomic mass is 31.2. The average molecular weight is 398 g/mol. The zero-order valence-electron chi connectivity index (χ0n) is 14.0. The molecule has 2 aliphatic rings. The summed E-state index contributed by atoms with van der Waals surface area (Å²) >= 11 is 0. The Bertz CT molecular complexity index is 1020. The van der Waals surface area contributed by atoms with Crippen LogP contribution in [0.1, 0.15) is 24.6 Å². The Morgan fingerprint density at radius 3 is 2.96 bits per heavy atom. The van der Waals surface area contributed by atoms with Crippen molar-refractivity contribution in [1.82, 2.24) is 9.55 Å². The summed E-state index contributed by atoms with van der Waals surface area (Å²) in [6.07, 6.45) is 0.378. The Morgan fingerprint density at radius 1 is 1.33 bits per heavy atom. The quantitative estimate of drug-likeness (QED) is 0.787. The van der Waals surface area contributed by atoms with Gasteiger partial charge in [0.2, 0.25) is 5.85 Å². The van der Waals surface area contributed by atoms with Gasteiger partial charge in [-0.1, -0.05) is 18.2 Å². The SMILES string of the molecule is O=c1ccn([C@H]2CC[C@@](F)(COP3(=O)OCc4ccccc4O3)O2)c(=O)[nH]1. The molecule has 3 heterocycles. The zero-order valence-corrected chi connectivity index (χ0v) is 14.9. The molecule has 4 rings (SSSR count). The first-order chi connectivity index (χ1) is 12.9. The summed E-state index contributed by atoms with van der Waals surface area (Å²) in [6, 6.07) is 7.99. The monoisotopic (exact) mass is 398 g/mol. The largest absolute Gasteiger partial charge is 0.530 e. The summed E-state index contributed by atoms with van der Waals surface area (Å²) in [7, 11) is -3.98. The number of aromatic nitrogens is 2. The van der Waals surface area contributed by atoms with Gasteiger partial charge < -0.3 is 9.26 Å². The van der Waals surface area contributed by atoms with E-state index in [0.717, 1.165) is 10.6 Å². The van der Waals surface area contributed by atoms with E-state index < -0.39 is 37.8 Å². The Balaban J connectivity index is 1.42. The number of rotatable bonds is 4. The van der Waals surface area contributed by atoms with Gasteiger partial charge in [0.15, 0.2) is 0 Å². The fourth-order valence-corrected chi connectivity index (χ4v) is 4.15. The summed E-state index contributed by atoms with van der Waals surface area (Å²) in [5.74, 6) is -1.92. The van der Waals surface area contributed by atoms with Crippen LogP contribution in [0.5, 0.6) is 5.75 Å². The van der Waals surface area contributed by atoms with Gasteiger partial charge in [0, 0.05) is 24.2 Å². The van der Waals surface area contributed by atoms with Gasteiger partial charge in [0.05, 0.1) is 6.61 Å². The van der Waals surface area contributed by atoms with Crippen molar-refractivity contribution < 1.29 is 27.3 Å². The minimum Gasteiger partial charge on any atom is -0.404 e. The zero-order chi connectivity index (χ0) is 19.1. The first-order valence-corrected chi connectivity index (χ1v) is 9.67. The van der Waals surface area contributed by atoms with Gasteiger partial charge in [-0.3, -0.25) is 23.4 Å². The van der Waals surface area contributed by atoms with E-state index in [-0.39, 0.29) is 19.4 Å². The minimum absolute atomic E-state index is 0.0169. The second-order valence-electron chi connectivity index (χ2n) is 6.20. The molecule has 2 aliphatic heterocycles. The lowest BCUT2D eigenvalue weighted by Gasteiger charge is -2.27. The van der Waals surface area contributed by atoms with Gasteiger partial charge >= 0.3 is 13.5 Å². The Kier molecular flexibility index (Phi) is 4.51. The number of phosphoric acid groups is 1. The van der Waals surface area contributed by atoms with E-state index in [1.165, 1.54) is 6.20 Å². The van der Waals surface area contributed by atoms with E-state index in [1.807, 2.05) is 0 Å². The van der Waals surface area contributed by atoms with Crippen molar-refractivity contribution in [2.45, 2.75) is 31.5 Å². The van der Waals surface area contributed by atoms with Crippen LogP contribution in [-0.2, 0) is 25.0 Å². The maximum absolute atomic E-state index is 14.9. The van der Waals surface area contributed by atoms with Gasteiger partial charge in [-0.25, -0.2) is 13.8 Å². The minimum atomic E-state index is -3.98. The predicted octanol–water partition coefficient (Wildman–Crippen LogP) is 2.25. The van der Waals surface area contributed by atoms with Crippen LogP contribution in [0.2, 0.25) is 0 Å². The topological polar surface area (TPSA) is 109 Å².